The third-order valence-electron chi connectivity index (χ3n) is 4.88. The number of fused-ring (bicyclic) bond motifs is 2. The summed E-state index contributed by atoms with van der Waals surface area (Å²) in [4.78, 5) is 4.68. The fraction of sp³-hybridized carbons (Fsp3) is 0.0400. The summed E-state index contributed by atoms with van der Waals surface area (Å²) in [6.07, 6.45) is 0. The molecule has 2 aromatic heterocycles. The highest BCUT2D eigenvalue weighted by atomic mass is 35.5. The molecule has 0 atom stereocenters. The molecular formula is C25H15ClN2O2. The minimum Gasteiger partial charge on any atom is -0.489 e. The molecule has 4 nitrogen and oxygen atoms in total. The zero-order valence-electron chi connectivity index (χ0n) is 15.8. The van der Waals surface area contributed by atoms with Gasteiger partial charge in [0.15, 0.2) is 5.76 Å². The highest BCUT2D eigenvalue weighted by Crippen LogP contribution is 2.31. The predicted octanol–water partition coefficient (Wildman–Crippen LogP) is 6.75. The topological polar surface area (TPSA) is 59.0 Å². The Morgan fingerprint density at radius 1 is 0.900 bits per heavy atom. The van der Waals surface area contributed by atoms with Crippen LogP contribution < -0.4 is 4.74 Å². The number of aromatic nitrogens is 1. The van der Waals surface area contributed by atoms with Crippen molar-refractivity contribution in [1.82, 2.24) is 4.98 Å². The number of rotatable bonds is 4. The Bertz CT molecular complexity index is 1420. The molecule has 0 fully saturated rings. The molecule has 0 aliphatic carbocycles. The molecule has 0 N–H and O–H groups in total. The monoisotopic (exact) mass is 410 g/mol. The van der Waals surface area contributed by atoms with Crippen LogP contribution in [0.1, 0.15) is 11.1 Å². The van der Waals surface area contributed by atoms with Gasteiger partial charge >= 0.3 is 0 Å². The first-order valence-electron chi connectivity index (χ1n) is 9.40. The van der Waals surface area contributed by atoms with Gasteiger partial charge in [0.25, 0.3) is 0 Å². The summed E-state index contributed by atoms with van der Waals surface area (Å²) in [6.45, 7) is 0.426. The zero-order valence-corrected chi connectivity index (χ0v) is 16.6. The number of hydrogen-bond acceptors (Lipinski definition) is 4. The number of nitrogens with zero attached hydrogens (tertiary/aromatic N) is 2. The molecule has 0 aliphatic heterocycles. The van der Waals surface area contributed by atoms with Crippen molar-refractivity contribution in [1.29, 1.82) is 5.26 Å². The van der Waals surface area contributed by atoms with E-state index in [0.717, 1.165) is 38.9 Å². The van der Waals surface area contributed by atoms with Crippen molar-refractivity contribution in [3.05, 3.63) is 95.0 Å². The van der Waals surface area contributed by atoms with Crippen LogP contribution in [0.5, 0.6) is 5.75 Å². The van der Waals surface area contributed by atoms with Gasteiger partial charge in [0, 0.05) is 15.8 Å². The van der Waals surface area contributed by atoms with E-state index in [4.69, 9.17) is 26.0 Å². The summed E-state index contributed by atoms with van der Waals surface area (Å²) in [6, 6.07) is 26.8. The number of nitriles is 1. The van der Waals surface area contributed by atoms with E-state index < -0.39 is 0 Å². The molecule has 30 heavy (non-hydrogen) atoms. The minimum absolute atomic E-state index is 0.426. The van der Waals surface area contributed by atoms with Crippen molar-refractivity contribution in [2.24, 2.45) is 0 Å². The molecule has 5 aromatic rings. The largest absolute Gasteiger partial charge is 0.489 e. The van der Waals surface area contributed by atoms with Gasteiger partial charge in [-0.25, -0.2) is 4.98 Å². The maximum Gasteiger partial charge on any atom is 0.153 e. The first-order valence-corrected chi connectivity index (χ1v) is 9.78. The number of benzene rings is 3. The highest BCUT2D eigenvalue weighted by Gasteiger charge is 2.10. The molecule has 0 unspecified atom stereocenters. The molecule has 0 saturated heterocycles. The predicted molar refractivity (Wildman–Crippen MR) is 117 cm³/mol. The lowest BCUT2D eigenvalue weighted by atomic mass is 10.1. The third kappa shape index (κ3) is 3.59. The van der Waals surface area contributed by atoms with Gasteiger partial charge in [-0.3, -0.25) is 0 Å². The van der Waals surface area contributed by atoms with Crippen LogP contribution >= 0.6 is 11.6 Å². The van der Waals surface area contributed by atoms with E-state index >= 15 is 0 Å². The fourth-order valence-corrected chi connectivity index (χ4v) is 3.47. The van der Waals surface area contributed by atoms with Crippen LogP contribution in [0.25, 0.3) is 33.3 Å². The second-order valence-electron chi connectivity index (χ2n) is 6.94. The van der Waals surface area contributed by atoms with Gasteiger partial charge in [-0.2, -0.15) is 5.26 Å². The van der Waals surface area contributed by atoms with Crippen LogP contribution in [0.15, 0.2) is 83.3 Å². The molecule has 0 bridgehead atoms. The Balaban J connectivity index is 1.40. The van der Waals surface area contributed by atoms with Gasteiger partial charge in [-0.1, -0.05) is 35.9 Å². The summed E-state index contributed by atoms with van der Waals surface area (Å²) < 4.78 is 11.9. The van der Waals surface area contributed by atoms with Crippen LogP contribution in [-0.2, 0) is 6.61 Å². The third-order valence-corrected chi connectivity index (χ3v) is 5.12. The first kappa shape index (κ1) is 18.2. The average molecular weight is 411 g/mol. The molecule has 0 aliphatic rings. The van der Waals surface area contributed by atoms with E-state index in [0.29, 0.717) is 23.0 Å². The molecule has 5 heteroatoms. The maximum atomic E-state index is 8.89. The number of hydrogen-bond donors (Lipinski definition) is 0. The summed E-state index contributed by atoms with van der Waals surface area (Å²) in [5, 5.41) is 11.5. The lowest BCUT2D eigenvalue weighted by Gasteiger charge is -2.06. The molecule has 5 rings (SSSR count). The molecule has 0 spiro atoms. The Morgan fingerprint density at radius 2 is 1.73 bits per heavy atom. The van der Waals surface area contributed by atoms with Gasteiger partial charge in [-0.15, -0.1) is 0 Å². The number of ether oxygens (including phenoxy) is 1. The highest BCUT2D eigenvalue weighted by molar-refractivity contribution is 6.31. The second-order valence-corrected chi connectivity index (χ2v) is 7.38. The van der Waals surface area contributed by atoms with Gasteiger partial charge in [0.05, 0.1) is 17.1 Å². The average Bonchev–Trinajstić information content (AvgIpc) is 3.21. The van der Waals surface area contributed by atoms with Crippen molar-refractivity contribution >= 4 is 33.5 Å². The quantitative estimate of drug-likeness (QED) is 0.328. The zero-order chi connectivity index (χ0) is 20.5. The van der Waals surface area contributed by atoms with Crippen molar-refractivity contribution < 1.29 is 9.15 Å². The molecule has 3 aromatic carbocycles. The lowest BCUT2D eigenvalue weighted by molar-refractivity contribution is 0.306. The van der Waals surface area contributed by atoms with E-state index in [1.807, 2.05) is 66.7 Å². The van der Waals surface area contributed by atoms with Crippen LogP contribution in [0.4, 0.5) is 0 Å². The van der Waals surface area contributed by atoms with E-state index in [-0.39, 0.29) is 0 Å². The summed E-state index contributed by atoms with van der Waals surface area (Å²) in [5.41, 5.74) is 3.98. The van der Waals surface area contributed by atoms with E-state index in [1.54, 1.807) is 12.1 Å². The molecule has 0 radical (unpaired) electrons. The molecule has 2 heterocycles. The van der Waals surface area contributed by atoms with Crippen molar-refractivity contribution in [2.45, 2.75) is 6.61 Å². The lowest BCUT2D eigenvalue weighted by Crippen LogP contribution is -1.95. The Labute approximate surface area is 177 Å². The van der Waals surface area contributed by atoms with Crippen molar-refractivity contribution in [3.8, 4) is 23.3 Å². The molecule has 0 amide bonds. The van der Waals surface area contributed by atoms with Gasteiger partial charge in [0.1, 0.15) is 23.6 Å². The maximum absolute atomic E-state index is 8.89. The SMILES string of the molecule is N#Cc1ccc(COc2ccc3oc(-c4ccc5ccc(Cl)cc5n4)cc3c2)cc1. The normalized spacial score (nSPS) is 10.9. The fourth-order valence-electron chi connectivity index (χ4n) is 3.31. The smallest absolute Gasteiger partial charge is 0.153 e. The van der Waals surface area contributed by atoms with Crippen LogP contribution in [-0.4, -0.2) is 4.98 Å². The van der Waals surface area contributed by atoms with E-state index in [2.05, 4.69) is 11.1 Å². The van der Waals surface area contributed by atoms with Gasteiger partial charge < -0.3 is 9.15 Å². The number of pyridine rings is 1. The standard InChI is InChI=1S/C25H15ClN2O2/c26-20-7-5-18-6-9-22(28-23(18)13-20)25-12-19-11-21(8-10-24(19)30-25)29-15-17-3-1-16(14-27)2-4-17/h1-13H,15H2. The van der Waals surface area contributed by atoms with Crippen molar-refractivity contribution in [3.63, 3.8) is 0 Å². The minimum atomic E-state index is 0.426. The Morgan fingerprint density at radius 3 is 2.57 bits per heavy atom. The molecular weight excluding hydrogens is 396 g/mol. The first-order chi connectivity index (χ1) is 14.7. The number of furan rings is 1. The van der Waals surface area contributed by atoms with Gasteiger partial charge in [-0.05, 0) is 60.2 Å². The second kappa shape index (κ2) is 7.55. The summed E-state index contributed by atoms with van der Waals surface area (Å²) in [5.74, 6) is 1.44. The van der Waals surface area contributed by atoms with Crippen LogP contribution in [0.2, 0.25) is 5.02 Å². The van der Waals surface area contributed by atoms with Gasteiger partial charge in [0.2, 0.25) is 0 Å². The van der Waals surface area contributed by atoms with E-state index in [9.17, 15) is 0 Å². The van der Waals surface area contributed by atoms with E-state index in [1.165, 1.54) is 0 Å². The molecule has 144 valence electrons. The Kier molecular flexibility index (Phi) is 4.59. The summed E-state index contributed by atoms with van der Waals surface area (Å²) in [7, 11) is 0. The van der Waals surface area contributed by atoms with Crippen LogP contribution in [0.3, 0.4) is 0 Å². The van der Waals surface area contributed by atoms with Crippen molar-refractivity contribution in [2.75, 3.05) is 0 Å². The summed E-state index contributed by atoms with van der Waals surface area (Å²) >= 11 is 6.10. The van der Waals surface area contributed by atoms with Crippen LogP contribution in [0, 0.1) is 11.3 Å². The molecule has 0 saturated carbocycles. The Hall–Kier alpha value is -3.81. The number of halogens is 1.